The first-order valence-corrected chi connectivity index (χ1v) is 8.11. The van der Waals surface area contributed by atoms with Gasteiger partial charge in [-0.25, -0.2) is 13.4 Å². The molecule has 20 heavy (non-hydrogen) atoms. The van der Waals surface area contributed by atoms with E-state index in [1.807, 2.05) is 23.1 Å². The minimum atomic E-state index is -3.30. The molecule has 0 atom stereocenters. The van der Waals surface area contributed by atoms with E-state index >= 15 is 0 Å². The first-order valence-electron chi connectivity index (χ1n) is 6.22. The molecular weight excluding hydrogens is 274 g/mol. The summed E-state index contributed by atoms with van der Waals surface area (Å²) in [6.07, 6.45) is 2.82. The van der Waals surface area contributed by atoms with E-state index in [2.05, 4.69) is 4.98 Å². The van der Waals surface area contributed by atoms with E-state index in [9.17, 15) is 8.42 Å². The number of nitrogens with zero attached hydrogens (tertiary/aromatic N) is 2. The second-order valence-electron chi connectivity index (χ2n) is 4.98. The molecule has 1 aromatic heterocycles. The molecule has 0 radical (unpaired) electrons. The van der Waals surface area contributed by atoms with Gasteiger partial charge in [-0.3, -0.25) is 0 Å². The lowest BCUT2D eigenvalue weighted by Gasteiger charge is -2.18. The average Bonchev–Trinajstić information content (AvgIpc) is 2.80. The molecule has 3 rings (SSSR count). The fourth-order valence-corrected chi connectivity index (χ4v) is 3.31. The molecule has 0 saturated carbocycles. The predicted octanol–water partition coefficient (Wildman–Crippen LogP) is 1.59. The first kappa shape index (κ1) is 12.9. The third kappa shape index (κ3) is 2.22. The van der Waals surface area contributed by atoms with Gasteiger partial charge in [-0.2, -0.15) is 0 Å². The summed E-state index contributed by atoms with van der Waals surface area (Å²) in [5, 5.41) is 0. The van der Waals surface area contributed by atoms with Crippen molar-refractivity contribution in [2.75, 3.05) is 16.9 Å². The number of rotatable bonds is 2. The summed E-state index contributed by atoms with van der Waals surface area (Å²) in [6, 6.07) is 9.00. The molecule has 0 bridgehead atoms. The lowest BCUT2D eigenvalue weighted by atomic mass is 10.1. The van der Waals surface area contributed by atoms with Gasteiger partial charge in [-0.1, -0.05) is 6.07 Å². The Labute approximate surface area is 118 Å². The molecule has 0 spiro atoms. The normalized spacial score (nSPS) is 14.3. The maximum atomic E-state index is 11.9. The summed E-state index contributed by atoms with van der Waals surface area (Å²) in [4.78, 5) is 6.47. The van der Waals surface area contributed by atoms with Crippen molar-refractivity contribution >= 4 is 21.3 Å². The van der Waals surface area contributed by atoms with E-state index in [-0.39, 0.29) is 4.90 Å². The molecule has 6 heteroatoms. The number of pyridine rings is 1. The monoisotopic (exact) mass is 289 g/mol. The largest absolute Gasteiger partial charge is 0.399 e. The third-order valence-corrected chi connectivity index (χ3v) is 4.52. The van der Waals surface area contributed by atoms with Crippen LogP contribution in [0.2, 0.25) is 0 Å². The van der Waals surface area contributed by atoms with Gasteiger partial charge in [0, 0.05) is 31.2 Å². The molecule has 2 N–H and O–H groups in total. The number of hydrogen-bond donors (Lipinski definition) is 1. The highest BCUT2D eigenvalue weighted by Crippen LogP contribution is 2.31. The average molecular weight is 289 g/mol. The molecule has 0 aliphatic carbocycles. The summed E-state index contributed by atoms with van der Waals surface area (Å²) in [6.45, 7) is 1.27. The van der Waals surface area contributed by atoms with Crippen LogP contribution in [0.3, 0.4) is 0 Å². The Balaban J connectivity index is 2.02. The minimum Gasteiger partial charge on any atom is -0.399 e. The van der Waals surface area contributed by atoms with E-state index in [1.165, 1.54) is 6.26 Å². The topological polar surface area (TPSA) is 76.3 Å². The molecule has 1 aromatic carbocycles. The van der Waals surface area contributed by atoms with Crippen LogP contribution in [0.5, 0.6) is 0 Å². The number of hydrogen-bond acceptors (Lipinski definition) is 5. The van der Waals surface area contributed by atoms with Crippen molar-refractivity contribution in [2.45, 2.75) is 18.0 Å². The van der Waals surface area contributed by atoms with Gasteiger partial charge in [0.25, 0.3) is 0 Å². The van der Waals surface area contributed by atoms with Crippen LogP contribution < -0.4 is 10.6 Å². The molecule has 0 fully saturated rings. The molecule has 0 unspecified atom stereocenters. The van der Waals surface area contributed by atoms with Crippen LogP contribution in [0, 0.1) is 0 Å². The fourth-order valence-electron chi connectivity index (χ4n) is 2.47. The van der Waals surface area contributed by atoms with Crippen LogP contribution in [-0.4, -0.2) is 19.7 Å². The number of aromatic nitrogens is 1. The Hall–Kier alpha value is -2.08. The molecule has 2 heterocycles. The van der Waals surface area contributed by atoms with E-state index in [1.54, 1.807) is 18.3 Å². The zero-order chi connectivity index (χ0) is 14.3. The van der Waals surface area contributed by atoms with E-state index in [4.69, 9.17) is 5.73 Å². The van der Waals surface area contributed by atoms with Gasteiger partial charge >= 0.3 is 0 Å². The van der Waals surface area contributed by atoms with Gasteiger partial charge in [0.1, 0.15) is 10.7 Å². The quantitative estimate of drug-likeness (QED) is 0.850. The highest BCUT2D eigenvalue weighted by atomic mass is 32.2. The summed E-state index contributed by atoms with van der Waals surface area (Å²) >= 11 is 0. The third-order valence-electron chi connectivity index (χ3n) is 3.40. The van der Waals surface area contributed by atoms with Crippen LogP contribution in [0.25, 0.3) is 0 Å². The first-order chi connectivity index (χ1) is 9.45. The maximum Gasteiger partial charge on any atom is 0.179 e. The number of fused-ring (bicyclic) bond motifs is 1. The van der Waals surface area contributed by atoms with Crippen molar-refractivity contribution in [1.29, 1.82) is 0 Å². The lowest BCUT2D eigenvalue weighted by molar-refractivity contribution is 0.601. The molecule has 1 aliphatic heterocycles. The van der Waals surface area contributed by atoms with Crippen LogP contribution >= 0.6 is 0 Å². The second kappa shape index (κ2) is 4.49. The van der Waals surface area contributed by atoms with Crippen LogP contribution in [0.1, 0.15) is 11.1 Å². The van der Waals surface area contributed by atoms with Crippen molar-refractivity contribution in [3.05, 3.63) is 47.7 Å². The smallest absolute Gasteiger partial charge is 0.179 e. The van der Waals surface area contributed by atoms with Crippen molar-refractivity contribution < 1.29 is 8.42 Å². The van der Waals surface area contributed by atoms with E-state index in [0.717, 1.165) is 16.8 Å². The second-order valence-corrected chi connectivity index (χ2v) is 6.97. The van der Waals surface area contributed by atoms with Gasteiger partial charge in [-0.15, -0.1) is 0 Å². The summed E-state index contributed by atoms with van der Waals surface area (Å²) in [7, 11) is -3.30. The van der Waals surface area contributed by atoms with Crippen molar-refractivity contribution in [2.24, 2.45) is 0 Å². The standard InChI is InChI=1S/C14H15N3O2S/c1-20(18,19)13-3-2-6-16-14(13)17-8-10-4-5-12(15)7-11(10)9-17/h2-7H,8-9,15H2,1H3. The molecule has 5 nitrogen and oxygen atoms in total. The summed E-state index contributed by atoms with van der Waals surface area (Å²) < 4.78 is 23.7. The van der Waals surface area contributed by atoms with Crippen molar-refractivity contribution in [3.8, 4) is 0 Å². The molecule has 1 aliphatic rings. The Morgan fingerprint density at radius 1 is 1.20 bits per heavy atom. The number of nitrogens with two attached hydrogens (primary N) is 1. The Morgan fingerprint density at radius 2 is 1.95 bits per heavy atom. The van der Waals surface area contributed by atoms with Crippen molar-refractivity contribution in [3.63, 3.8) is 0 Å². The number of benzene rings is 1. The SMILES string of the molecule is CS(=O)(=O)c1cccnc1N1Cc2ccc(N)cc2C1. The molecular formula is C14H15N3O2S. The van der Waals surface area contributed by atoms with Crippen LogP contribution in [0.4, 0.5) is 11.5 Å². The van der Waals surface area contributed by atoms with E-state index < -0.39 is 9.84 Å². The molecule has 0 saturated heterocycles. The number of anilines is 2. The maximum absolute atomic E-state index is 11.9. The Bertz CT molecular complexity index is 772. The summed E-state index contributed by atoms with van der Waals surface area (Å²) in [5.41, 5.74) is 8.78. The van der Waals surface area contributed by atoms with Gasteiger partial charge in [0.15, 0.2) is 9.84 Å². The Morgan fingerprint density at radius 3 is 2.70 bits per heavy atom. The molecule has 2 aromatic rings. The van der Waals surface area contributed by atoms with Crippen molar-refractivity contribution in [1.82, 2.24) is 4.98 Å². The van der Waals surface area contributed by atoms with Gasteiger partial charge in [0.2, 0.25) is 0 Å². The van der Waals surface area contributed by atoms with Crippen LogP contribution in [-0.2, 0) is 22.9 Å². The van der Waals surface area contributed by atoms with Crippen LogP contribution in [0.15, 0.2) is 41.4 Å². The zero-order valence-electron chi connectivity index (χ0n) is 11.1. The highest BCUT2D eigenvalue weighted by Gasteiger charge is 2.25. The predicted molar refractivity (Wildman–Crippen MR) is 78.1 cm³/mol. The van der Waals surface area contributed by atoms with Gasteiger partial charge in [0.05, 0.1) is 0 Å². The highest BCUT2D eigenvalue weighted by molar-refractivity contribution is 7.90. The molecule has 104 valence electrons. The minimum absolute atomic E-state index is 0.265. The Kier molecular flexibility index (Phi) is 2.90. The molecule has 0 amide bonds. The summed E-state index contributed by atoms with van der Waals surface area (Å²) in [5.74, 6) is 0.504. The number of sulfone groups is 1. The van der Waals surface area contributed by atoms with Gasteiger partial charge < -0.3 is 10.6 Å². The fraction of sp³-hybridized carbons (Fsp3) is 0.214. The number of nitrogen functional groups attached to an aromatic ring is 1. The zero-order valence-corrected chi connectivity index (χ0v) is 11.9. The van der Waals surface area contributed by atoms with E-state index in [0.29, 0.717) is 18.9 Å². The lowest BCUT2D eigenvalue weighted by Crippen LogP contribution is -2.19. The van der Waals surface area contributed by atoms with Gasteiger partial charge in [-0.05, 0) is 35.4 Å².